The predicted molar refractivity (Wildman–Crippen MR) is 49.6 cm³/mol. The van der Waals surface area contributed by atoms with Gasteiger partial charge in [0.05, 0.1) is 12.7 Å². The Balaban J connectivity index is 4.21. The second kappa shape index (κ2) is 5.34. The van der Waals surface area contributed by atoms with E-state index in [0.29, 0.717) is 0 Å². The summed E-state index contributed by atoms with van der Waals surface area (Å²) in [4.78, 5) is 10.8. The van der Waals surface area contributed by atoms with Gasteiger partial charge in [0.1, 0.15) is 0 Å². The third kappa shape index (κ3) is 4.30. The topological polar surface area (TPSA) is 66.8 Å². The Labute approximate surface area is 77.0 Å². The van der Waals surface area contributed by atoms with E-state index in [0.717, 1.165) is 0 Å². The molecule has 5 heteroatoms. The summed E-state index contributed by atoms with van der Waals surface area (Å²) in [6.07, 6.45) is 2.58. The van der Waals surface area contributed by atoms with Crippen LogP contribution in [-0.2, 0) is 9.53 Å². The molecular formula is C8H11BO4. The average molecular weight is 182 g/mol. The normalized spacial score (nSPS) is 9.77. The van der Waals surface area contributed by atoms with E-state index in [4.69, 9.17) is 10.0 Å². The van der Waals surface area contributed by atoms with Gasteiger partial charge < -0.3 is 14.8 Å². The van der Waals surface area contributed by atoms with Crippen molar-refractivity contribution in [2.24, 2.45) is 0 Å². The average Bonchev–Trinajstić information content (AvgIpc) is 2.11. The maximum Gasteiger partial charge on any atom is 0.487 e. The minimum Gasteiger partial charge on any atom is -0.465 e. The van der Waals surface area contributed by atoms with Crippen molar-refractivity contribution in [3.05, 3.63) is 36.4 Å². The molecule has 2 N–H and O–H groups in total. The molecule has 0 spiro atoms. The highest BCUT2D eigenvalue weighted by Gasteiger charge is 2.09. The second-order valence-corrected chi connectivity index (χ2v) is 2.30. The molecule has 0 amide bonds. The molecule has 4 nitrogen and oxygen atoms in total. The Hall–Kier alpha value is -1.33. The van der Waals surface area contributed by atoms with Gasteiger partial charge in [0.15, 0.2) is 0 Å². The van der Waals surface area contributed by atoms with Gasteiger partial charge in [-0.05, 0) is 11.5 Å². The van der Waals surface area contributed by atoms with Crippen molar-refractivity contribution in [2.45, 2.75) is 0 Å². The molecule has 0 aromatic rings. The van der Waals surface area contributed by atoms with Crippen LogP contribution in [0.3, 0.4) is 0 Å². The summed E-state index contributed by atoms with van der Waals surface area (Å²) in [7, 11) is -0.390. The van der Waals surface area contributed by atoms with Gasteiger partial charge in [0, 0.05) is 0 Å². The maximum absolute atomic E-state index is 10.8. The van der Waals surface area contributed by atoms with Crippen LogP contribution in [0.1, 0.15) is 0 Å². The molecule has 70 valence electrons. The number of hydrogen-bond donors (Lipinski definition) is 2. The highest BCUT2D eigenvalue weighted by molar-refractivity contribution is 6.51. The monoisotopic (exact) mass is 182 g/mol. The molecule has 0 bridgehead atoms. The van der Waals surface area contributed by atoms with Gasteiger partial charge >= 0.3 is 13.1 Å². The number of allylic oxidation sites excluding steroid dienone is 2. The van der Waals surface area contributed by atoms with Crippen LogP contribution in [0.15, 0.2) is 36.4 Å². The first kappa shape index (κ1) is 11.7. The molecule has 0 fully saturated rings. The van der Waals surface area contributed by atoms with Gasteiger partial charge in [-0.15, -0.1) is 0 Å². The van der Waals surface area contributed by atoms with Crippen molar-refractivity contribution in [2.75, 3.05) is 7.11 Å². The van der Waals surface area contributed by atoms with E-state index in [2.05, 4.69) is 17.9 Å². The summed E-state index contributed by atoms with van der Waals surface area (Å²) in [6, 6.07) is 0. The van der Waals surface area contributed by atoms with Gasteiger partial charge in [-0.25, -0.2) is 4.79 Å². The zero-order valence-corrected chi connectivity index (χ0v) is 7.36. The van der Waals surface area contributed by atoms with Gasteiger partial charge in [-0.1, -0.05) is 19.2 Å². The number of carbonyl (C=O) groups is 1. The summed E-state index contributed by atoms with van der Waals surface area (Å²) in [6.45, 7) is 6.72. The lowest BCUT2D eigenvalue weighted by Gasteiger charge is -1.98. The molecule has 0 heterocycles. The van der Waals surface area contributed by atoms with Crippen molar-refractivity contribution in [1.82, 2.24) is 0 Å². The van der Waals surface area contributed by atoms with Crippen LogP contribution in [-0.4, -0.2) is 30.2 Å². The largest absolute Gasteiger partial charge is 0.487 e. The molecule has 0 rings (SSSR count). The quantitative estimate of drug-likeness (QED) is 0.274. The molecule has 0 saturated heterocycles. The Morgan fingerprint density at radius 1 is 1.38 bits per heavy atom. The lowest BCUT2D eigenvalue weighted by atomic mass is 9.80. The maximum atomic E-state index is 10.8. The fraction of sp³-hybridized carbons (Fsp3) is 0.125. The summed E-state index contributed by atoms with van der Waals surface area (Å²) < 4.78 is 4.36. The van der Waals surface area contributed by atoms with E-state index in [1.54, 1.807) is 0 Å². The van der Waals surface area contributed by atoms with Crippen molar-refractivity contribution >= 4 is 13.1 Å². The van der Waals surface area contributed by atoms with Crippen LogP contribution in [0, 0.1) is 0 Å². The van der Waals surface area contributed by atoms with Crippen LogP contribution in [0.4, 0.5) is 0 Å². The summed E-state index contributed by atoms with van der Waals surface area (Å²) in [5.41, 5.74) is 0.189. The number of esters is 1. The third-order valence-corrected chi connectivity index (χ3v) is 1.28. The fourth-order valence-electron chi connectivity index (χ4n) is 0.493. The first-order chi connectivity index (χ1) is 5.99. The molecule has 0 aromatic heterocycles. The minimum atomic E-state index is -1.62. The number of hydrogen-bond acceptors (Lipinski definition) is 4. The van der Waals surface area contributed by atoms with E-state index >= 15 is 0 Å². The zero-order chi connectivity index (χ0) is 10.4. The molecule has 0 aliphatic rings. The molecule has 0 saturated carbocycles. The molecular weight excluding hydrogens is 171 g/mol. The van der Waals surface area contributed by atoms with Crippen molar-refractivity contribution in [3.63, 3.8) is 0 Å². The summed E-state index contributed by atoms with van der Waals surface area (Å²) in [5.74, 6) is -0.573. The Bertz CT molecular complexity index is 255. The molecule has 0 unspecified atom stereocenters. The highest BCUT2D eigenvalue weighted by atomic mass is 16.5. The van der Waals surface area contributed by atoms with Crippen LogP contribution in [0.25, 0.3) is 0 Å². The second-order valence-electron chi connectivity index (χ2n) is 2.30. The molecule has 0 aliphatic carbocycles. The van der Waals surface area contributed by atoms with Crippen molar-refractivity contribution in [3.8, 4) is 0 Å². The SMILES string of the molecule is C=C(/C=C\C(=C)C(=O)OC)B(O)O. The highest BCUT2D eigenvalue weighted by Crippen LogP contribution is 2.00. The molecule has 0 radical (unpaired) electrons. The number of carbonyl (C=O) groups excluding carboxylic acids is 1. The molecule has 0 aliphatic heterocycles. The van der Waals surface area contributed by atoms with Gasteiger partial charge in [-0.3, -0.25) is 0 Å². The summed E-state index contributed by atoms with van der Waals surface area (Å²) >= 11 is 0. The van der Waals surface area contributed by atoms with Crippen LogP contribution in [0.5, 0.6) is 0 Å². The number of rotatable bonds is 4. The van der Waals surface area contributed by atoms with E-state index in [-0.39, 0.29) is 11.0 Å². The lowest BCUT2D eigenvalue weighted by molar-refractivity contribution is -0.135. The van der Waals surface area contributed by atoms with Gasteiger partial charge in [0.25, 0.3) is 0 Å². The van der Waals surface area contributed by atoms with E-state index < -0.39 is 13.1 Å². The fourth-order valence-corrected chi connectivity index (χ4v) is 0.493. The Morgan fingerprint density at radius 3 is 2.31 bits per heavy atom. The van der Waals surface area contributed by atoms with E-state index in [1.807, 2.05) is 0 Å². The molecule has 0 atom stereocenters. The Kier molecular flexibility index (Phi) is 4.80. The van der Waals surface area contributed by atoms with Crippen molar-refractivity contribution in [1.29, 1.82) is 0 Å². The zero-order valence-electron chi connectivity index (χ0n) is 7.36. The first-order valence-corrected chi connectivity index (χ1v) is 3.49. The minimum absolute atomic E-state index is 0.0741. The lowest BCUT2D eigenvalue weighted by Crippen LogP contribution is -2.12. The van der Waals surface area contributed by atoms with Crippen molar-refractivity contribution < 1.29 is 19.6 Å². The van der Waals surface area contributed by atoms with Crippen LogP contribution < -0.4 is 0 Å². The Morgan fingerprint density at radius 2 is 1.92 bits per heavy atom. The van der Waals surface area contributed by atoms with Gasteiger partial charge in [-0.2, -0.15) is 0 Å². The smallest absolute Gasteiger partial charge is 0.465 e. The van der Waals surface area contributed by atoms with Crippen LogP contribution >= 0.6 is 0 Å². The van der Waals surface area contributed by atoms with Crippen LogP contribution in [0.2, 0.25) is 0 Å². The van der Waals surface area contributed by atoms with E-state index in [9.17, 15) is 4.79 Å². The number of methoxy groups -OCH3 is 1. The van der Waals surface area contributed by atoms with E-state index in [1.165, 1.54) is 19.3 Å². The van der Waals surface area contributed by atoms with Gasteiger partial charge in [0.2, 0.25) is 0 Å². The standard InChI is InChI=1S/C8H11BO4/c1-6(8(10)13-3)4-5-7(2)9(11)12/h4-5,11-12H,1-2H2,3H3/b5-4-. The molecule has 0 aromatic carbocycles. The first-order valence-electron chi connectivity index (χ1n) is 3.49. The molecule has 13 heavy (non-hydrogen) atoms. The predicted octanol–water partition coefficient (Wildman–Crippen LogP) is -0.160. The number of ether oxygens (including phenoxy) is 1. The summed E-state index contributed by atoms with van der Waals surface area (Å²) in [5, 5.41) is 17.2. The third-order valence-electron chi connectivity index (χ3n) is 1.28.